The number of aryl methyl sites for hydroxylation is 2. The maximum atomic E-state index is 14.1. The van der Waals surface area contributed by atoms with Gasteiger partial charge in [0.25, 0.3) is 0 Å². The third-order valence-corrected chi connectivity index (χ3v) is 6.21. The van der Waals surface area contributed by atoms with Crippen LogP contribution in [0.1, 0.15) is 11.1 Å². The number of halogens is 1. The van der Waals surface area contributed by atoms with Gasteiger partial charge in [-0.1, -0.05) is 30.0 Å². The SMILES string of the molecule is Cc1cc(C)cc(NC(=O)CSc2cc(N3CCN(c4ccccc4F)CC3)ncn2)c1. The number of hydrogen-bond donors (Lipinski definition) is 1. The highest BCUT2D eigenvalue weighted by Gasteiger charge is 2.20. The van der Waals surface area contributed by atoms with Gasteiger partial charge in [-0.3, -0.25) is 4.79 Å². The molecule has 2 heterocycles. The molecule has 1 aromatic heterocycles. The van der Waals surface area contributed by atoms with Gasteiger partial charge in [0.05, 0.1) is 11.4 Å². The molecular formula is C24H26FN5OS. The molecule has 1 saturated heterocycles. The summed E-state index contributed by atoms with van der Waals surface area (Å²) in [4.78, 5) is 25.3. The Kier molecular flexibility index (Phi) is 6.90. The molecule has 0 spiro atoms. The number of para-hydroxylation sites is 1. The average Bonchev–Trinajstić information content (AvgIpc) is 2.78. The van der Waals surface area contributed by atoms with Crippen molar-refractivity contribution in [1.29, 1.82) is 0 Å². The van der Waals surface area contributed by atoms with E-state index in [1.165, 1.54) is 24.2 Å². The zero-order valence-corrected chi connectivity index (χ0v) is 19.0. The molecule has 3 aromatic rings. The van der Waals surface area contributed by atoms with Crippen molar-refractivity contribution in [3.05, 3.63) is 71.8 Å². The number of amides is 1. The third-order valence-electron chi connectivity index (χ3n) is 5.28. The van der Waals surface area contributed by atoms with E-state index in [9.17, 15) is 9.18 Å². The highest BCUT2D eigenvalue weighted by molar-refractivity contribution is 7.99. The molecule has 0 bridgehead atoms. The lowest BCUT2D eigenvalue weighted by atomic mass is 10.1. The van der Waals surface area contributed by atoms with Gasteiger partial charge in [0, 0.05) is 37.9 Å². The molecule has 1 fully saturated rings. The standard InChI is InChI=1S/C24H26FN5OS/c1-17-11-18(2)13-19(12-17)28-23(31)15-32-24-14-22(26-16-27-24)30-9-7-29(8-10-30)21-6-4-3-5-20(21)25/h3-6,11-14,16H,7-10,15H2,1-2H3,(H,28,31). The summed E-state index contributed by atoms with van der Waals surface area (Å²) in [7, 11) is 0. The van der Waals surface area contributed by atoms with E-state index >= 15 is 0 Å². The molecule has 0 atom stereocenters. The molecule has 4 rings (SSSR count). The second-order valence-electron chi connectivity index (χ2n) is 7.85. The topological polar surface area (TPSA) is 61.4 Å². The van der Waals surface area contributed by atoms with Crippen LogP contribution in [0.25, 0.3) is 0 Å². The van der Waals surface area contributed by atoms with Crippen LogP contribution < -0.4 is 15.1 Å². The van der Waals surface area contributed by atoms with E-state index in [4.69, 9.17) is 0 Å². The van der Waals surface area contributed by atoms with Crippen LogP contribution >= 0.6 is 11.8 Å². The van der Waals surface area contributed by atoms with E-state index < -0.39 is 0 Å². The van der Waals surface area contributed by atoms with Gasteiger partial charge in [-0.2, -0.15) is 0 Å². The number of carbonyl (C=O) groups is 1. The summed E-state index contributed by atoms with van der Waals surface area (Å²) in [5.41, 5.74) is 3.68. The van der Waals surface area contributed by atoms with Crippen molar-refractivity contribution in [1.82, 2.24) is 9.97 Å². The molecular weight excluding hydrogens is 425 g/mol. The summed E-state index contributed by atoms with van der Waals surface area (Å²) < 4.78 is 14.1. The van der Waals surface area contributed by atoms with Gasteiger partial charge in [0.2, 0.25) is 5.91 Å². The summed E-state index contributed by atoms with van der Waals surface area (Å²) in [6.07, 6.45) is 1.53. The molecule has 0 unspecified atom stereocenters. The summed E-state index contributed by atoms with van der Waals surface area (Å²) in [5, 5.41) is 3.70. The Morgan fingerprint density at radius 2 is 1.69 bits per heavy atom. The molecule has 0 saturated carbocycles. The number of thioether (sulfide) groups is 1. The Balaban J connectivity index is 1.32. The molecule has 1 amide bonds. The van der Waals surface area contributed by atoms with Crippen molar-refractivity contribution in [2.75, 3.05) is 47.0 Å². The highest BCUT2D eigenvalue weighted by Crippen LogP contribution is 2.24. The van der Waals surface area contributed by atoms with Crippen LogP contribution in [0.4, 0.5) is 21.6 Å². The number of hydrogen-bond acceptors (Lipinski definition) is 6. The minimum absolute atomic E-state index is 0.0707. The van der Waals surface area contributed by atoms with Gasteiger partial charge in [-0.25, -0.2) is 14.4 Å². The monoisotopic (exact) mass is 451 g/mol. The predicted octanol–water partition coefficient (Wildman–Crippen LogP) is 4.29. The van der Waals surface area contributed by atoms with Crippen molar-refractivity contribution in [2.24, 2.45) is 0 Å². The number of nitrogens with one attached hydrogen (secondary N) is 1. The molecule has 2 aromatic carbocycles. The van der Waals surface area contributed by atoms with Gasteiger partial charge in [-0.05, 0) is 49.2 Å². The molecule has 166 valence electrons. The second kappa shape index (κ2) is 9.99. The fourth-order valence-electron chi connectivity index (χ4n) is 3.85. The van der Waals surface area contributed by atoms with Crippen molar-refractivity contribution >= 4 is 34.9 Å². The molecule has 32 heavy (non-hydrogen) atoms. The van der Waals surface area contributed by atoms with Gasteiger partial charge < -0.3 is 15.1 Å². The molecule has 6 nitrogen and oxygen atoms in total. The lowest BCUT2D eigenvalue weighted by Crippen LogP contribution is -2.47. The van der Waals surface area contributed by atoms with E-state index in [1.54, 1.807) is 6.07 Å². The zero-order chi connectivity index (χ0) is 22.5. The predicted molar refractivity (Wildman–Crippen MR) is 128 cm³/mol. The number of anilines is 3. The number of nitrogens with zero attached hydrogens (tertiary/aromatic N) is 4. The van der Waals surface area contributed by atoms with Crippen LogP contribution in [0.15, 0.2) is 59.9 Å². The Morgan fingerprint density at radius 1 is 1.00 bits per heavy atom. The third kappa shape index (κ3) is 5.56. The zero-order valence-electron chi connectivity index (χ0n) is 18.2. The number of benzene rings is 2. The number of rotatable bonds is 6. The van der Waals surface area contributed by atoms with E-state index in [0.29, 0.717) is 18.8 Å². The van der Waals surface area contributed by atoms with Gasteiger partial charge in [0.1, 0.15) is 23.0 Å². The summed E-state index contributed by atoms with van der Waals surface area (Å²) >= 11 is 1.38. The van der Waals surface area contributed by atoms with Crippen LogP contribution in [0.3, 0.4) is 0 Å². The molecule has 8 heteroatoms. The smallest absolute Gasteiger partial charge is 0.234 e. The second-order valence-corrected chi connectivity index (χ2v) is 8.85. The Labute approximate surface area is 191 Å². The Bertz CT molecular complexity index is 1080. The van der Waals surface area contributed by atoms with Crippen molar-refractivity contribution in [2.45, 2.75) is 18.9 Å². The van der Waals surface area contributed by atoms with Gasteiger partial charge in [-0.15, -0.1) is 0 Å². The van der Waals surface area contributed by atoms with Crippen LogP contribution in [0.2, 0.25) is 0 Å². The number of piperazine rings is 1. The fraction of sp³-hybridized carbons (Fsp3) is 0.292. The molecule has 0 radical (unpaired) electrons. The first-order valence-corrected chi connectivity index (χ1v) is 11.5. The number of aromatic nitrogens is 2. The van der Waals surface area contributed by atoms with Crippen molar-refractivity contribution in [3.63, 3.8) is 0 Å². The highest BCUT2D eigenvalue weighted by atomic mass is 32.2. The quantitative estimate of drug-likeness (QED) is 0.446. The summed E-state index contributed by atoms with van der Waals surface area (Å²) in [6.45, 7) is 6.93. The first-order chi connectivity index (χ1) is 15.5. The van der Waals surface area contributed by atoms with Gasteiger partial charge in [0.15, 0.2) is 0 Å². The average molecular weight is 452 g/mol. The molecule has 0 aliphatic carbocycles. The van der Waals surface area contributed by atoms with Crippen molar-refractivity contribution < 1.29 is 9.18 Å². The van der Waals surface area contributed by atoms with Crippen LogP contribution in [0.5, 0.6) is 0 Å². The lowest BCUT2D eigenvalue weighted by Gasteiger charge is -2.36. The molecule has 1 aliphatic heterocycles. The summed E-state index contributed by atoms with van der Waals surface area (Å²) in [5.74, 6) is 0.828. The Hall–Kier alpha value is -3.13. The van der Waals surface area contributed by atoms with Crippen LogP contribution in [-0.2, 0) is 4.79 Å². The normalized spacial score (nSPS) is 13.8. The minimum atomic E-state index is -0.194. The van der Waals surface area contributed by atoms with Gasteiger partial charge >= 0.3 is 0 Å². The van der Waals surface area contributed by atoms with E-state index in [0.717, 1.165) is 40.7 Å². The number of carbonyl (C=O) groups excluding carboxylic acids is 1. The minimum Gasteiger partial charge on any atom is -0.366 e. The largest absolute Gasteiger partial charge is 0.366 e. The Morgan fingerprint density at radius 3 is 2.41 bits per heavy atom. The fourth-order valence-corrected chi connectivity index (χ4v) is 4.51. The van der Waals surface area contributed by atoms with E-state index in [2.05, 4.69) is 31.2 Å². The van der Waals surface area contributed by atoms with E-state index in [-0.39, 0.29) is 17.5 Å². The molecule has 1 N–H and O–H groups in total. The first kappa shape index (κ1) is 22.1. The maximum absolute atomic E-state index is 14.1. The van der Waals surface area contributed by atoms with Crippen LogP contribution in [0, 0.1) is 19.7 Å². The van der Waals surface area contributed by atoms with Crippen molar-refractivity contribution in [3.8, 4) is 0 Å². The molecule has 1 aliphatic rings. The lowest BCUT2D eigenvalue weighted by molar-refractivity contribution is -0.113. The van der Waals surface area contributed by atoms with E-state index in [1.807, 2.05) is 44.2 Å². The first-order valence-electron chi connectivity index (χ1n) is 10.6. The maximum Gasteiger partial charge on any atom is 0.234 e. The van der Waals surface area contributed by atoms with Crippen LogP contribution in [-0.4, -0.2) is 47.8 Å². The summed E-state index contributed by atoms with van der Waals surface area (Å²) in [6, 6.07) is 14.8.